The predicted octanol–water partition coefficient (Wildman–Crippen LogP) is 13.1. The van der Waals surface area contributed by atoms with Crippen molar-refractivity contribution in [2.75, 3.05) is 297 Å². The van der Waals surface area contributed by atoms with E-state index in [0.717, 1.165) is 104 Å². The summed E-state index contributed by atoms with van der Waals surface area (Å²) in [6, 6.07) is 0. The summed E-state index contributed by atoms with van der Waals surface area (Å²) >= 11 is 0. The van der Waals surface area contributed by atoms with E-state index in [1.54, 1.807) is 14.2 Å². The normalized spacial score (nSPS) is 26.6. The van der Waals surface area contributed by atoms with Gasteiger partial charge in [-0.25, -0.2) is 0 Å². The highest BCUT2D eigenvalue weighted by atomic mass is 16.6. The average molecular weight is 1450 g/mol. The van der Waals surface area contributed by atoms with E-state index in [9.17, 15) is 0 Å². The molecule has 2 saturated heterocycles. The number of ether oxygens (including phenoxy) is 13. The molecule has 6 atom stereocenters. The first-order valence-corrected chi connectivity index (χ1v) is 38.7. The third-order valence-corrected chi connectivity index (χ3v) is 19.2. The fourth-order valence-electron chi connectivity index (χ4n) is 16.1. The molecular weight excluding hydrogens is 1280 g/mol. The van der Waals surface area contributed by atoms with Crippen molar-refractivity contribution in [3.05, 3.63) is 0 Å². The maximum absolute atomic E-state index is 7.07. The molecule has 0 N–H and O–H groups in total. The minimum Gasteiger partial charge on any atom is -0.382 e. The molecule has 19 heteroatoms. The highest BCUT2D eigenvalue weighted by molar-refractivity contribution is 5.05. The second-order valence-electron chi connectivity index (χ2n) is 39.7. The van der Waals surface area contributed by atoms with Gasteiger partial charge >= 0.3 is 0 Å². The van der Waals surface area contributed by atoms with Gasteiger partial charge in [0.2, 0.25) is 0 Å². The molecule has 6 unspecified atom stereocenters. The largest absolute Gasteiger partial charge is 0.382 e. The SMILES string of the molecule is CN(C)CC1(CC(C)(C)C)COCCOCCOCC(CN(C)C)(CC(C)(C)C)CC2(CN(C)C)COCCOCCOCC(CN(C)C)(C1)CC(CN(C)C)(C(C)(C)C)COCCOCCOCC(CN(C)C)(C(C)(C)C)C2.COCCOCCC(C)(C)C.COCCOCCC(C)(C)C. The van der Waals surface area contributed by atoms with Crippen molar-refractivity contribution in [2.45, 2.75) is 176 Å². The van der Waals surface area contributed by atoms with Gasteiger partial charge in [-0.1, -0.05) is 125 Å². The van der Waals surface area contributed by atoms with Gasteiger partial charge in [0.25, 0.3) is 0 Å². The van der Waals surface area contributed by atoms with E-state index in [0.29, 0.717) is 156 Å². The van der Waals surface area contributed by atoms with Gasteiger partial charge in [-0.2, -0.15) is 0 Å². The Kier molecular flexibility index (Phi) is 48.3. The molecule has 2 aliphatic rings. The first kappa shape index (κ1) is 100. The number of hydrogen-bond acceptors (Lipinski definition) is 19. The fourth-order valence-corrected chi connectivity index (χ4v) is 16.1. The van der Waals surface area contributed by atoms with Crippen LogP contribution in [0.15, 0.2) is 0 Å². The molecule has 2 aliphatic heterocycles. The van der Waals surface area contributed by atoms with E-state index < -0.39 is 0 Å². The molecule has 0 spiro atoms. The molecule has 0 aromatic heterocycles. The smallest absolute Gasteiger partial charge is 0.0701 e. The quantitative estimate of drug-likeness (QED) is 0.0668. The molecule has 608 valence electrons. The van der Waals surface area contributed by atoms with Crippen LogP contribution in [0.2, 0.25) is 0 Å². The third kappa shape index (κ3) is 47.0. The third-order valence-electron chi connectivity index (χ3n) is 19.2. The zero-order chi connectivity index (χ0) is 77.5. The topological polar surface area (TPSA) is 139 Å². The van der Waals surface area contributed by atoms with Crippen LogP contribution in [0.4, 0.5) is 0 Å². The summed E-state index contributed by atoms with van der Waals surface area (Å²) in [6.45, 7) is 61.1. The van der Waals surface area contributed by atoms with Gasteiger partial charge in [0.15, 0.2) is 0 Å². The molecule has 0 amide bonds. The van der Waals surface area contributed by atoms with Crippen LogP contribution in [0.5, 0.6) is 0 Å². The summed E-state index contributed by atoms with van der Waals surface area (Å²) < 4.78 is 81.6. The molecule has 2 heterocycles. The Labute approximate surface area is 625 Å². The lowest BCUT2D eigenvalue weighted by molar-refractivity contribution is -0.131. The van der Waals surface area contributed by atoms with Crippen molar-refractivity contribution in [3.8, 4) is 0 Å². The number of hydrogen-bond donors (Lipinski definition) is 0. The average Bonchev–Trinajstić information content (AvgIpc) is 0.764. The number of fused-ring (bicyclic) bond motifs is 10. The maximum Gasteiger partial charge on any atom is 0.0701 e. The number of rotatable bonds is 24. The number of nitrogens with zero attached hydrogens (tertiary/aromatic N) is 6. The van der Waals surface area contributed by atoms with Crippen LogP contribution in [0.1, 0.15) is 176 Å². The molecule has 0 aliphatic carbocycles. The van der Waals surface area contributed by atoms with Crippen LogP contribution >= 0.6 is 0 Å². The van der Waals surface area contributed by atoms with E-state index in [4.69, 9.17) is 61.6 Å². The van der Waals surface area contributed by atoms with Crippen LogP contribution in [0.25, 0.3) is 0 Å². The molecule has 101 heavy (non-hydrogen) atoms. The molecule has 0 aromatic carbocycles. The summed E-state index contributed by atoms with van der Waals surface area (Å²) in [7, 11) is 29.9. The van der Waals surface area contributed by atoms with Crippen molar-refractivity contribution in [1.82, 2.24) is 29.4 Å². The Hall–Kier alpha value is -0.760. The Morgan fingerprint density at radius 3 is 0.743 bits per heavy atom. The zero-order valence-corrected chi connectivity index (χ0v) is 72.9. The summed E-state index contributed by atoms with van der Waals surface area (Å²) in [5.41, 5.74) is -1.08. The lowest BCUT2D eigenvalue weighted by Gasteiger charge is -2.55. The van der Waals surface area contributed by atoms with Crippen molar-refractivity contribution >= 4 is 0 Å². The van der Waals surface area contributed by atoms with Gasteiger partial charge in [-0.15, -0.1) is 0 Å². The zero-order valence-electron chi connectivity index (χ0n) is 72.9. The van der Waals surface area contributed by atoms with Gasteiger partial charge in [0.05, 0.1) is 145 Å². The first-order valence-electron chi connectivity index (χ1n) is 38.7. The van der Waals surface area contributed by atoms with Crippen molar-refractivity contribution in [3.63, 3.8) is 0 Å². The van der Waals surface area contributed by atoms with E-state index in [-0.39, 0.29) is 54.1 Å². The number of methoxy groups -OCH3 is 2. The Balaban J connectivity index is 0.00000386. The fraction of sp³-hybridized carbons (Fsp3) is 1.00. The summed E-state index contributed by atoms with van der Waals surface area (Å²) in [5, 5.41) is 0. The maximum atomic E-state index is 7.07. The molecule has 19 nitrogen and oxygen atoms in total. The molecule has 0 saturated carbocycles. The van der Waals surface area contributed by atoms with Crippen LogP contribution < -0.4 is 0 Å². The Morgan fingerprint density at radius 2 is 0.515 bits per heavy atom. The predicted molar refractivity (Wildman–Crippen MR) is 422 cm³/mol. The van der Waals surface area contributed by atoms with Crippen molar-refractivity contribution < 1.29 is 61.6 Å². The second kappa shape index (κ2) is 48.7. The highest BCUT2D eigenvalue weighted by Crippen LogP contribution is 2.56. The highest BCUT2D eigenvalue weighted by Gasteiger charge is 2.55. The Morgan fingerprint density at radius 1 is 0.267 bits per heavy atom. The minimum absolute atomic E-state index is 0.0246. The molecule has 0 radical (unpaired) electrons. The second-order valence-corrected chi connectivity index (χ2v) is 39.7. The minimum atomic E-state index is -0.313. The van der Waals surface area contributed by atoms with Gasteiger partial charge in [-0.05, 0) is 168 Å². The Bertz CT molecular complexity index is 1890. The lowest BCUT2D eigenvalue weighted by Crippen LogP contribution is -2.56. The molecule has 2 fully saturated rings. The standard InChI is InChI=1S/C64H132N6O9.2C9H20O2/c1-55(2,3)37-59(43-65(13)14)39-61(45-67(17)18)41-63(47-69(21)22,57(7,8)9)53-78-35-29-73-30-36-79-54-64(48-70(23)24,58(10,11)12)42-62(46-68(19)20,52-77-34-28-72-27-33-76-51-61)40-60(44-66(15)16,38-56(4,5)6)50-75-32-26-71-25-31-74-49-59;2*1-9(2,3)5-6-11-8-7-10-4/h25-54H2,1-24H3;2*5-8H2,1-4H3. The lowest BCUT2D eigenvalue weighted by atomic mass is 9.55. The van der Waals surface area contributed by atoms with Crippen molar-refractivity contribution in [2.24, 2.45) is 65.0 Å². The van der Waals surface area contributed by atoms with E-state index in [1.165, 1.54) is 0 Å². The van der Waals surface area contributed by atoms with Crippen LogP contribution in [-0.4, -0.2) is 326 Å². The summed E-state index contributed by atoms with van der Waals surface area (Å²) in [6.07, 6.45) is 7.73. The molecule has 0 aromatic rings. The van der Waals surface area contributed by atoms with Gasteiger partial charge < -0.3 is 91.0 Å². The molecule has 2 bridgehead atoms. The first-order chi connectivity index (χ1) is 46.5. The van der Waals surface area contributed by atoms with Crippen LogP contribution in [0.3, 0.4) is 0 Å². The van der Waals surface area contributed by atoms with Crippen LogP contribution in [-0.2, 0) is 61.6 Å². The van der Waals surface area contributed by atoms with Gasteiger partial charge in [0, 0.05) is 99.2 Å². The van der Waals surface area contributed by atoms with Gasteiger partial charge in [0.1, 0.15) is 0 Å². The molecular formula is C82H172N6O13. The van der Waals surface area contributed by atoms with E-state index in [2.05, 4.69) is 239 Å². The van der Waals surface area contributed by atoms with E-state index >= 15 is 0 Å². The monoisotopic (exact) mass is 1450 g/mol. The summed E-state index contributed by atoms with van der Waals surface area (Å²) in [5.74, 6) is 0. The van der Waals surface area contributed by atoms with E-state index in [1.807, 2.05) is 0 Å². The van der Waals surface area contributed by atoms with Crippen molar-refractivity contribution in [1.29, 1.82) is 0 Å². The van der Waals surface area contributed by atoms with Gasteiger partial charge in [-0.3, -0.25) is 0 Å². The molecule has 2 rings (SSSR count). The van der Waals surface area contributed by atoms with Crippen LogP contribution in [0, 0.1) is 65.0 Å². The summed E-state index contributed by atoms with van der Waals surface area (Å²) in [4.78, 5) is 14.2.